The molecular formula is C20H26F3N7O2. The Morgan fingerprint density at radius 1 is 1.34 bits per heavy atom. The Morgan fingerprint density at radius 2 is 2.16 bits per heavy atom. The van der Waals surface area contributed by atoms with E-state index in [1.54, 1.807) is 24.0 Å². The van der Waals surface area contributed by atoms with Crippen LogP contribution in [0.25, 0.3) is 16.9 Å². The molecule has 0 bridgehead atoms. The number of alkyl halides is 3. The lowest BCUT2D eigenvalue weighted by molar-refractivity contribution is -0.0732. The number of anilines is 1. The normalized spacial score (nSPS) is 19.9. The summed E-state index contributed by atoms with van der Waals surface area (Å²) in [5.74, 6) is -2.73. The van der Waals surface area contributed by atoms with Crippen molar-refractivity contribution in [2.24, 2.45) is 0 Å². The third-order valence-electron chi connectivity index (χ3n) is 5.32. The third kappa shape index (κ3) is 4.36. The SMILES string of the molecule is CCOC(C)n1cc(-c2ncn3nc(N[C@@H](C)CF)nc3c2OC2CCCC2(F)F)cn1. The van der Waals surface area contributed by atoms with E-state index in [0.717, 1.165) is 0 Å². The molecule has 1 aliphatic rings. The van der Waals surface area contributed by atoms with Crippen LogP contribution in [0.2, 0.25) is 0 Å². The summed E-state index contributed by atoms with van der Waals surface area (Å²) in [5, 5.41) is 11.3. The van der Waals surface area contributed by atoms with Crippen molar-refractivity contribution >= 4 is 11.6 Å². The van der Waals surface area contributed by atoms with E-state index >= 15 is 0 Å². The molecule has 3 aromatic heterocycles. The zero-order valence-corrected chi connectivity index (χ0v) is 18.1. The van der Waals surface area contributed by atoms with Crippen LogP contribution >= 0.6 is 0 Å². The second-order valence-electron chi connectivity index (χ2n) is 7.85. The van der Waals surface area contributed by atoms with Crippen molar-refractivity contribution in [3.8, 4) is 17.0 Å². The number of ether oxygens (including phenoxy) is 2. The maximum absolute atomic E-state index is 14.4. The summed E-state index contributed by atoms with van der Waals surface area (Å²) in [7, 11) is 0. The minimum atomic E-state index is -2.96. The van der Waals surface area contributed by atoms with Gasteiger partial charge in [0.05, 0.1) is 12.2 Å². The Labute approximate surface area is 182 Å². The van der Waals surface area contributed by atoms with Crippen molar-refractivity contribution in [3.63, 3.8) is 0 Å². The summed E-state index contributed by atoms with van der Waals surface area (Å²) in [5.41, 5.74) is 1.08. The minimum absolute atomic E-state index is 0.0798. The molecule has 0 radical (unpaired) electrons. The van der Waals surface area contributed by atoms with Gasteiger partial charge in [0.15, 0.2) is 11.9 Å². The molecule has 12 heteroatoms. The molecule has 1 N–H and O–H groups in total. The van der Waals surface area contributed by atoms with Gasteiger partial charge in [0.1, 0.15) is 24.9 Å². The molecule has 9 nitrogen and oxygen atoms in total. The Hall–Kier alpha value is -2.89. The summed E-state index contributed by atoms with van der Waals surface area (Å²) >= 11 is 0. The first-order valence-corrected chi connectivity index (χ1v) is 10.6. The molecule has 3 aromatic rings. The van der Waals surface area contributed by atoms with Crippen molar-refractivity contribution in [2.45, 2.75) is 64.3 Å². The number of nitrogens with one attached hydrogen (secondary N) is 1. The molecular weight excluding hydrogens is 427 g/mol. The molecule has 174 valence electrons. The highest BCUT2D eigenvalue weighted by Crippen LogP contribution is 2.41. The van der Waals surface area contributed by atoms with Gasteiger partial charge in [-0.05, 0) is 33.6 Å². The third-order valence-corrected chi connectivity index (χ3v) is 5.32. The molecule has 0 aliphatic heterocycles. The average Bonchev–Trinajstić information content (AvgIpc) is 3.47. The second kappa shape index (κ2) is 8.93. The van der Waals surface area contributed by atoms with Crippen LogP contribution < -0.4 is 10.1 Å². The topological polar surface area (TPSA) is 91.4 Å². The van der Waals surface area contributed by atoms with Gasteiger partial charge in [-0.15, -0.1) is 5.10 Å². The first-order valence-electron chi connectivity index (χ1n) is 10.6. The Balaban J connectivity index is 1.77. The molecule has 32 heavy (non-hydrogen) atoms. The zero-order chi connectivity index (χ0) is 22.9. The second-order valence-corrected chi connectivity index (χ2v) is 7.85. The predicted molar refractivity (Wildman–Crippen MR) is 111 cm³/mol. The van der Waals surface area contributed by atoms with Gasteiger partial charge in [0.2, 0.25) is 11.6 Å². The molecule has 0 spiro atoms. The molecule has 0 saturated heterocycles. The monoisotopic (exact) mass is 453 g/mol. The Morgan fingerprint density at radius 3 is 2.84 bits per heavy atom. The lowest BCUT2D eigenvalue weighted by atomic mass is 10.2. The number of halogens is 3. The van der Waals surface area contributed by atoms with Crippen molar-refractivity contribution < 1.29 is 22.6 Å². The van der Waals surface area contributed by atoms with Gasteiger partial charge >= 0.3 is 0 Å². The van der Waals surface area contributed by atoms with Gasteiger partial charge in [-0.25, -0.2) is 22.8 Å². The fourth-order valence-electron chi connectivity index (χ4n) is 3.63. The first-order chi connectivity index (χ1) is 15.3. The Kier molecular flexibility index (Phi) is 6.22. The van der Waals surface area contributed by atoms with E-state index in [-0.39, 0.29) is 36.4 Å². The maximum atomic E-state index is 14.4. The van der Waals surface area contributed by atoms with Gasteiger partial charge < -0.3 is 14.8 Å². The highest BCUT2D eigenvalue weighted by Gasteiger charge is 2.46. The van der Waals surface area contributed by atoms with E-state index in [1.807, 2.05) is 13.8 Å². The van der Waals surface area contributed by atoms with Crippen LogP contribution in [0.15, 0.2) is 18.7 Å². The summed E-state index contributed by atoms with van der Waals surface area (Å²) in [6.45, 7) is 5.26. The minimum Gasteiger partial charge on any atom is -0.478 e. The number of hydrogen-bond donors (Lipinski definition) is 1. The molecule has 2 unspecified atom stereocenters. The van der Waals surface area contributed by atoms with Crippen molar-refractivity contribution in [2.75, 3.05) is 18.6 Å². The predicted octanol–water partition coefficient (Wildman–Crippen LogP) is 3.88. The lowest BCUT2D eigenvalue weighted by Gasteiger charge is -2.21. The number of fused-ring (bicyclic) bond motifs is 1. The maximum Gasteiger partial charge on any atom is 0.284 e. The van der Waals surface area contributed by atoms with Crippen LogP contribution in [-0.2, 0) is 4.74 Å². The van der Waals surface area contributed by atoms with E-state index in [0.29, 0.717) is 24.3 Å². The van der Waals surface area contributed by atoms with Crippen molar-refractivity contribution in [1.82, 2.24) is 29.4 Å². The highest BCUT2D eigenvalue weighted by molar-refractivity contribution is 5.74. The molecule has 0 aromatic carbocycles. The first kappa shape index (κ1) is 22.3. The molecule has 1 aliphatic carbocycles. The quantitative estimate of drug-likeness (QED) is 0.526. The van der Waals surface area contributed by atoms with Crippen molar-refractivity contribution in [1.29, 1.82) is 0 Å². The average molecular weight is 453 g/mol. The largest absolute Gasteiger partial charge is 0.478 e. The van der Waals surface area contributed by atoms with Crippen LogP contribution in [-0.4, -0.2) is 60.7 Å². The highest BCUT2D eigenvalue weighted by atomic mass is 19.3. The van der Waals surface area contributed by atoms with Crippen LogP contribution in [0.5, 0.6) is 5.75 Å². The molecule has 3 atom stereocenters. The summed E-state index contributed by atoms with van der Waals surface area (Å²) in [6.07, 6.45) is 3.41. The van der Waals surface area contributed by atoms with Crippen LogP contribution in [0, 0.1) is 0 Å². The molecule has 0 amide bonds. The number of aromatic nitrogens is 6. The van der Waals surface area contributed by atoms with E-state index in [1.165, 1.54) is 10.8 Å². The van der Waals surface area contributed by atoms with Gasteiger partial charge in [-0.2, -0.15) is 14.6 Å². The van der Waals surface area contributed by atoms with Crippen LogP contribution in [0.1, 0.15) is 46.3 Å². The van der Waals surface area contributed by atoms with Gasteiger partial charge in [0, 0.05) is 24.8 Å². The zero-order valence-electron chi connectivity index (χ0n) is 18.1. The summed E-state index contributed by atoms with van der Waals surface area (Å²) in [6, 6.07) is -0.512. The molecule has 4 rings (SSSR count). The van der Waals surface area contributed by atoms with Crippen molar-refractivity contribution in [3.05, 3.63) is 18.7 Å². The fourth-order valence-corrected chi connectivity index (χ4v) is 3.63. The van der Waals surface area contributed by atoms with Gasteiger partial charge in [-0.3, -0.25) is 0 Å². The molecule has 1 saturated carbocycles. The van der Waals surface area contributed by atoms with E-state index in [4.69, 9.17) is 9.47 Å². The van der Waals surface area contributed by atoms with Crippen LogP contribution in [0.3, 0.4) is 0 Å². The summed E-state index contributed by atoms with van der Waals surface area (Å²) < 4.78 is 56.0. The number of rotatable bonds is 9. The fraction of sp³-hybridized carbons (Fsp3) is 0.600. The lowest BCUT2D eigenvalue weighted by Crippen LogP contribution is -2.32. The molecule has 3 heterocycles. The molecule has 1 fully saturated rings. The van der Waals surface area contributed by atoms with E-state index < -0.39 is 24.7 Å². The van der Waals surface area contributed by atoms with Gasteiger partial charge in [0.25, 0.3) is 5.92 Å². The smallest absolute Gasteiger partial charge is 0.284 e. The van der Waals surface area contributed by atoms with Gasteiger partial charge in [-0.1, -0.05) is 0 Å². The summed E-state index contributed by atoms with van der Waals surface area (Å²) in [4.78, 5) is 8.75. The van der Waals surface area contributed by atoms with E-state index in [9.17, 15) is 13.2 Å². The standard InChI is InChI=1S/C20H26F3N7O2/c1-4-31-13(3)29-10-14(9-25-29)16-17(32-15-6-5-7-20(15,22)23)18-27-19(26-12(2)8-21)28-30(18)11-24-16/h9-13,15H,4-8H2,1-3H3,(H,26,28)/t12-,13?,15?/m0/s1. The number of nitrogens with zero attached hydrogens (tertiary/aromatic N) is 6. The van der Waals surface area contributed by atoms with Crippen LogP contribution in [0.4, 0.5) is 19.1 Å². The van der Waals surface area contributed by atoms with E-state index in [2.05, 4.69) is 25.5 Å². The Bertz CT molecular complexity index is 1070. The number of hydrogen-bond acceptors (Lipinski definition) is 7.